The molecule has 0 aromatic heterocycles. The van der Waals surface area contributed by atoms with Crippen molar-refractivity contribution in [2.75, 3.05) is 7.11 Å². The van der Waals surface area contributed by atoms with Gasteiger partial charge in [0.25, 0.3) is 5.91 Å². The predicted octanol–water partition coefficient (Wildman–Crippen LogP) is 6.60. The molecule has 1 saturated heterocycles. The standard InChI is InChI=1S/C26H19ClIN3O3S/c1-15-19(27)8-5-9-21(15)30-26-31-25(32)23(35-26)12-16-10-20(28)24(22(11-16)33-2)34-14-18-7-4-3-6-17(18)13-29/h3-12H,14H2,1-2H3,(H,30,31,32)/b23-12+. The van der Waals surface area contributed by atoms with E-state index in [4.69, 9.17) is 21.1 Å². The van der Waals surface area contributed by atoms with E-state index >= 15 is 0 Å². The van der Waals surface area contributed by atoms with Crippen LogP contribution in [0.3, 0.4) is 0 Å². The summed E-state index contributed by atoms with van der Waals surface area (Å²) in [7, 11) is 1.56. The summed E-state index contributed by atoms with van der Waals surface area (Å²) >= 11 is 9.61. The van der Waals surface area contributed by atoms with Gasteiger partial charge in [0.15, 0.2) is 16.7 Å². The zero-order valence-corrected chi connectivity index (χ0v) is 22.5. The highest BCUT2D eigenvalue weighted by Gasteiger charge is 2.24. The lowest BCUT2D eigenvalue weighted by Crippen LogP contribution is -2.19. The summed E-state index contributed by atoms with van der Waals surface area (Å²) in [6, 6.07) is 18.7. The predicted molar refractivity (Wildman–Crippen MR) is 148 cm³/mol. The Morgan fingerprint density at radius 2 is 2.03 bits per heavy atom. The van der Waals surface area contributed by atoms with Crippen LogP contribution in [0.2, 0.25) is 5.02 Å². The Hall–Kier alpha value is -3.00. The molecule has 0 atom stereocenters. The maximum atomic E-state index is 12.6. The molecule has 1 aliphatic rings. The third-order valence-corrected chi connectivity index (χ3v) is 7.29. The smallest absolute Gasteiger partial charge is 0.264 e. The minimum Gasteiger partial charge on any atom is -0.493 e. The topological polar surface area (TPSA) is 83.7 Å². The average molecular weight is 616 g/mol. The first-order valence-electron chi connectivity index (χ1n) is 10.4. The summed E-state index contributed by atoms with van der Waals surface area (Å²) in [6.45, 7) is 2.12. The monoisotopic (exact) mass is 615 g/mol. The van der Waals surface area contributed by atoms with Gasteiger partial charge in [-0.15, -0.1) is 0 Å². The second kappa shape index (κ2) is 11.2. The number of nitrogens with zero attached hydrogens (tertiary/aromatic N) is 2. The van der Waals surface area contributed by atoms with Gasteiger partial charge < -0.3 is 14.8 Å². The van der Waals surface area contributed by atoms with E-state index < -0.39 is 0 Å². The van der Waals surface area contributed by atoms with Gasteiger partial charge in [0.05, 0.1) is 32.9 Å². The fraction of sp³-hybridized carbons (Fsp3) is 0.115. The van der Waals surface area contributed by atoms with E-state index in [0.29, 0.717) is 37.8 Å². The van der Waals surface area contributed by atoms with Gasteiger partial charge in [0, 0.05) is 10.6 Å². The molecule has 176 valence electrons. The number of ether oxygens (including phenoxy) is 2. The molecule has 1 heterocycles. The van der Waals surface area contributed by atoms with Crippen LogP contribution in [-0.2, 0) is 11.4 Å². The van der Waals surface area contributed by atoms with Crippen LogP contribution in [0.4, 0.5) is 5.69 Å². The lowest BCUT2D eigenvalue weighted by Gasteiger charge is -2.14. The number of hydrogen-bond acceptors (Lipinski definition) is 6. The number of carbonyl (C=O) groups excluding carboxylic acids is 1. The van der Waals surface area contributed by atoms with Crippen LogP contribution in [0.1, 0.15) is 22.3 Å². The summed E-state index contributed by atoms with van der Waals surface area (Å²) in [6.07, 6.45) is 1.78. The highest BCUT2D eigenvalue weighted by molar-refractivity contribution is 14.1. The van der Waals surface area contributed by atoms with Gasteiger partial charge >= 0.3 is 0 Å². The Morgan fingerprint density at radius 1 is 1.23 bits per heavy atom. The lowest BCUT2D eigenvalue weighted by atomic mass is 10.1. The number of nitriles is 1. The van der Waals surface area contributed by atoms with Crippen LogP contribution in [-0.4, -0.2) is 18.2 Å². The van der Waals surface area contributed by atoms with Crippen LogP contribution in [0.15, 0.2) is 64.5 Å². The largest absolute Gasteiger partial charge is 0.493 e. The molecule has 35 heavy (non-hydrogen) atoms. The summed E-state index contributed by atoms with van der Waals surface area (Å²) in [5.41, 5.74) is 3.70. The van der Waals surface area contributed by atoms with Crippen LogP contribution in [0, 0.1) is 21.8 Å². The first-order chi connectivity index (χ1) is 16.9. The van der Waals surface area contributed by atoms with Crippen molar-refractivity contribution in [2.45, 2.75) is 13.5 Å². The maximum absolute atomic E-state index is 12.6. The summed E-state index contributed by atoms with van der Waals surface area (Å²) < 4.78 is 12.4. The molecule has 0 bridgehead atoms. The van der Waals surface area contributed by atoms with E-state index in [1.807, 2.05) is 49.4 Å². The molecule has 0 spiro atoms. The van der Waals surface area contributed by atoms with Crippen molar-refractivity contribution in [2.24, 2.45) is 4.99 Å². The fourth-order valence-electron chi connectivity index (χ4n) is 3.33. The van der Waals surface area contributed by atoms with Crippen molar-refractivity contribution in [3.8, 4) is 17.6 Å². The summed E-state index contributed by atoms with van der Waals surface area (Å²) in [4.78, 5) is 17.6. The van der Waals surface area contributed by atoms with Crippen molar-refractivity contribution in [1.29, 1.82) is 5.26 Å². The minimum atomic E-state index is -0.226. The highest BCUT2D eigenvalue weighted by Crippen LogP contribution is 2.37. The number of nitrogens with one attached hydrogen (secondary N) is 1. The molecule has 0 radical (unpaired) electrons. The first-order valence-corrected chi connectivity index (χ1v) is 12.7. The third-order valence-electron chi connectivity index (χ3n) is 5.17. The van der Waals surface area contributed by atoms with E-state index in [2.05, 4.69) is 39.0 Å². The number of rotatable bonds is 6. The number of benzene rings is 3. The minimum absolute atomic E-state index is 0.226. The number of carbonyl (C=O) groups is 1. The molecule has 1 aliphatic heterocycles. The highest BCUT2D eigenvalue weighted by atomic mass is 127. The average Bonchev–Trinajstić information content (AvgIpc) is 3.19. The van der Waals surface area contributed by atoms with E-state index in [0.717, 1.165) is 20.3 Å². The zero-order chi connectivity index (χ0) is 24.9. The number of hydrogen-bond donors (Lipinski definition) is 1. The Labute approximate surface area is 226 Å². The van der Waals surface area contributed by atoms with E-state index in [-0.39, 0.29) is 12.5 Å². The molecule has 6 nitrogen and oxygen atoms in total. The van der Waals surface area contributed by atoms with Gasteiger partial charge in [-0.3, -0.25) is 4.79 Å². The third kappa shape index (κ3) is 5.81. The van der Waals surface area contributed by atoms with Gasteiger partial charge in [-0.1, -0.05) is 35.9 Å². The molecule has 1 fully saturated rings. The van der Waals surface area contributed by atoms with Crippen LogP contribution < -0.4 is 14.8 Å². The van der Waals surface area contributed by atoms with Crippen molar-refractivity contribution >= 4 is 68.8 Å². The van der Waals surface area contributed by atoms with Crippen LogP contribution >= 0.6 is 46.0 Å². The lowest BCUT2D eigenvalue weighted by molar-refractivity contribution is -0.115. The van der Waals surface area contributed by atoms with Crippen molar-refractivity contribution in [3.05, 3.63) is 90.3 Å². The van der Waals surface area contributed by atoms with E-state index in [1.165, 1.54) is 11.8 Å². The van der Waals surface area contributed by atoms with Gasteiger partial charge in [-0.05, 0) is 88.8 Å². The number of amides is 1. The molecule has 4 rings (SSSR count). The summed E-state index contributed by atoms with van der Waals surface area (Å²) in [5, 5.41) is 13.2. The second-order valence-electron chi connectivity index (χ2n) is 7.46. The van der Waals surface area contributed by atoms with Gasteiger partial charge in [-0.25, -0.2) is 4.99 Å². The maximum Gasteiger partial charge on any atom is 0.264 e. The molecule has 0 aliphatic carbocycles. The van der Waals surface area contributed by atoms with Gasteiger partial charge in [-0.2, -0.15) is 5.26 Å². The van der Waals surface area contributed by atoms with Crippen molar-refractivity contribution in [1.82, 2.24) is 5.32 Å². The number of halogens is 2. The first kappa shape index (κ1) is 25.1. The molecule has 1 N–H and O–H groups in total. The molecule has 3 aromatic rings. The Balaban J connectivity index is 1.56. The molecular formula is C26H19ClIN3O3S. The van der Waals surface area contributed by atoms with Crippen molar-refractivity contribution in [3.63, 3.8) is 0 Å². The number of aliphatic imine (C=N–C) groups is 1. The zero-order valence-electron chi connectivity index (χ0n) is 18.8. The fourth-order valence-corrected chi connectivity index (χ4v) is 5.11. The van der Waals surface area contributed by atoms with Gasteiger partial charge in [0.2, 0.25) is 0 Å². The quantitative estimate of drug-likeness (QED) is 0.249. The molecular weight excluding hydrogens is 597 g/mol. The molecule has 3 aromatic carbocycles. The van der Waals surface area contributed by atoms with Crippen LogP contribution in [0.5, 0.6) is 11.5 Å². The van der Waals surface area contributed by atoms with Crippen LogP contribution in [0.25, 0.3) is 6.08 Å². The second-order valence-corrected chi connectivity index (χ2v) is 10.1. The number of methoxy groups -OCH3 is 1. The Bertz CT molecular complexity index is 1420. The molecule has 0 unspecified atom stereocenters. The van der Waals surface area contributed by atoms with Crippen molar-refractivity contribution < 1.29 is 14.3 Å². The number of amidine groups is 1. The SMILES string of the molecule is COc1cc(/C=C2/SC(=Nc3cccc(Cl)c3C)NC2=O)cc(I)c1OCc1ccccc1C#N. The Kier molecular flexibility index (Phi) is 8.00. The molecule has 9 heteroatoms. The molecule has 0 saturated carbocycles. The molecule has 1 amide bonds. The Morgan fingerprint density at radius 3 is 2.80 bits per heavy atom. The number of thioether (sulfide) groups is 1. The van der Waals surface area contributed by atoms with E-state index in [9.17, 15) is 10.1 Å². The van der Waals surface area contributed by atoms with Gasteiger partial charge in [0.1, 0.15) is 6.61 Å². The summed E-state index contributed by atoms with van der Waals surface area (Å²) in [5.74, 6) is 0.881. The van der Waals surface area contributed by atoms with E-state index in [1.54, 1.807) is 25.3 Å². The normalized spacial score (nSPS) is 15.2.